The Hall–Kier alpha value is -0.0400. The number of amides is 1. The quantitative estimate of drug-likeness (QED) is 0.433. The maximum absolute atomic E-state index is 11.9. The SMILES string of the molecule is CC(C)(C)OC(=O)N(CCCI)CCCCO. The van der Waals surface area contributed by atoms with Crippen molar-refractivity contribution in [2.24, 2.45) is 0 Å². The number of aliphatic hydroxyl groups excluding tert-OH is 1. The second-order valence-electron chi connectivity index (χ2n) is 4.94. The molecule has 0 aromatic carbocycles. The van der Waals surface area contributed by atoms with Crippen LogP contribution in [0.1, 0.15) is 40.0 Å². The molecule has 17 heavy (non-hydrogen) atoms. The topological polar surface area (TPSA) is 49.8 Å². The summed E-state index contributed by atoms with van der Waals surface area (Å²) in [6, 6.07) is 0. The van der Waals surface area contributed by atoms with Crippen molar-refractivity contribution in [2.75, 3.05) is 24.1 Å². The minimum Gasteiger partial charge on any atom is -0.444 e. The summed E-state index contributed by atoms with van der Waals surface area (Å²) in [6.07, 6.45) is 2.26. The molecule has 5 heteroatoms. The van der Waals surface area contributed by atoms with Gasteiger partial charge in [-0.05, 0) is 40.0 Å². The third-order valence-corrected chi connectivity index (χ3v) is 2.81. The lowest BCUT2D eigenvalue weighted by molar-refractivity contribution is 0.0245. The van der Waals surface area contributed by atoms with Gasteiger partial charge in [0.15, 0.2) is 0 Å². The van der Waals surface area contributed by atoms with E-state index in [9.17, 15) is 4.79 Å². The number of hydrogen-bond donors (Lipinski definition) is 1. The fourth-order valence-corrected chi connectivity index (χ4v) is 1.63. The van der Waals surface area contributed by atoms with Gasteiger partial charge in [0, 0.05) is 24.1 Å². The van der Waals surface area contributed by atoms with E-state index in [1.165, 1.54) is 0 Å². The van der Waals surface area contributed by atoms with E-state index in [2.05, 4.69) is 22.6 Å². The highest BCUT2D eigenvalue weighted by atomic mass is 127. The highest BCUT2D eigenvalue weighted by Gasteiger charge is 2.21. The Bertz CT molecular complexity index is 216. The molecule has 102 valence electrons. The van der Waals surface area contributed by atoms with Gasteiger partial charge in [-0.15, -0.1) is 0 Å². The van der Waals surface area contributed by atoms with E-state index in [0.717, 1.165) is 30.2 Å². The molecule has 0 atom stereocenters. The third-order valence-electron chi connectivity index (χ3n) is 2.05. The van der Waals surface area contributed by atoms with Crippen LogP contribution >= 0.6 is 22.6 Å². The van der Waals surface area contributed by atoms with Crippen LogP contribution in [0, 0.1) is 0 Å². The third kappa shape index (κ3) is 9.64. The van der Waals surface area contributed by atoms with Gasteiger partial charge in [0.1, 0.15) is 5.60 Å². The van der Waals surface area contributed by atoms with Crippen LogP contribution in [0.25, 0.3) is 0 Å². The van der Waals surface area contributed by atoms with Crippen LogP contribution in [-0.2, 0) is 4.74 Å². The van der Waals surface area contributed by atoms with Crippen molar-refractivity contribution in [1.82, 2.24) is 4.90 Å². The van der Waals surface area contributed by atoms with E-state index in [-0.39, 0.29) is 12.7 Å². The normalized spacial score (nSPS) is 11.4. The molecular weight excluding hydrogens is 333 g/mol. The number of ether oxygens (including phenoxy) is 1. The van der Waals surface area contributed by atoms with Gasteiger partial charge in [0.25, 0.3) is 0 Å². The van der Waals surface area contributed by atoms with Crippen LogP contribution in [0.3, 0.4) is 0 Å². The second-order valence-corrected chi connectivity index (χ2v) is 6.02. The molecule has 0 spiro atoms. The minimum absolute atomic E-state index is 0.175. The number of alkyl halides is 1. The molecule has 0 radical (unpaired) electrons. The van der Waals surface area contributed by atoms with Crippen LogP contribution in [-0.4, -0.2) is 45.8 Å². The largest absolute Gasteiger partial charge is 0.444 e. The first kappa shape index (κ1) is 17.0. The molecule has 0 fully saturated rings. The second kappa shape index (κ2) is 8.97. The first-order chi connectivity index (χ1) is 7.90. The van der Waals surface area contributed by atoms with Crippen molar-refractivity contribution >= 4 is 28.7 Å². The molecule has 1 amide bonds. The Morgan fingerprint density at radius 1 is 1.24 bits per heavy atom. The lowest BCUT2D eigenvalue weighted by atomic mass is 10.2. The number of unbranched alkanes of at least 4 members (excludes halogenated alkanes) is 1. The fraction of sp³-hybridized carbons (Fsp3) is 0.917. The molecule has 0 saturated carbocycles. The van der Waals surface area contributed by atoms with Crippen LogP contribution in [0.2, 0.25) is 0 Å². The molecular formula is C12H24INO3. The zero-order valence-electron chi connectivity index (χ0n) is 11.0. The highest BCUT2D eigenvalue weighted by molar-refractivity contribution is 14.1. The number of rotatable bonds is 7. The molecule has 0 aromatic rings. The van der Waals surface area contributed by atoms with E-state index in [1.54, 1.807) is 4.90 Å². The van der Waals surface area contributed by atoms with E-state index in [1.807, 2.05) is 20.8 Å². The summed E-state index contributed by atoms with van der Waals surface area (Å²) >= 11 is 2.30. The number of halogens is 1. The van der Waals surface area contributed by atoms with Crippen molar-refractivity contribution in [3.05, 3.63) is 0 Å². The molecule has 0 unspecified atom stereocenters. The summed E-state index contributed by atoms with van der Waals surface area (Å²) in [5.74, 6) is 0. The van der Waals surface area contributed by atoms with Crippen molar-refractivity contribution in [2.45, 2.75) is 45.6 Å². The first-order valence-electron chi connectivity index (χ1n) is 6.05. The van der Waals surface area contributed by atoms with Gasteiger partial charge >= 0.3 is 6.09 Å². The van der Waals surface area contributed by atoms with Gasteiger partial charge in [-0.1, -0.05) is 22.6 Å². The summed E-state index contributed by atoms with van der Waals surface area (Å²) in [7, 11) is 0. The zero-order valence-corrected chi connectivity index (χ0v) is 13.2. The number of carbonyl (C=O) groups is 1. The lowest BCUT2D eigenvalue weighted by Gasteiger charge is -2.27. The number of nitrogens with zero attached hydrogens (tertiary/aromatic N) is 1. The van der Waals surface area contributed by atoms with E-state index in [0.29, 0.717) is 6.54 Å². The molecule has 4 nitrogen and oxygen atoms in total. The Balaban J connectivity index is 4.19. The number of carbonyl (C=O) groups excluding carboxylic acids is 1. The van der Waals surface area contributed by atoms with Crippen molar-refractivity contribution in [3.8, 4) is 0 Å². The van der Waals surface area contributed by atoms with Gasteiger partial charge in [0.2, 0.25) is 0 Å². The Kier molecular flexibility index (Phi) is 8.94. The van der Waals surface area contributed by atoms with Gasteiger partial charge in [0.05, 0.1) is 0 Å². The van der Waals surface area contributed by atoms with E-state index < -0.39 is 5.60 Å². The lowest BCUT2D eigenvalue weighted by Crippen LogP contribution is -2.38. The average molecular weight is 357 g/mol. The maximum atomic E-state index is 11.9. The van der Waals surface area contributed by atoms with Crippen molar-refractivity contribution in [3.63, 3.8) is 0 Å². The number of aliphatic hydroxyl groups is 1. The van der Waals surface area contributed by atoms with E-state index >= 15 is 0 Å². The van der Waals surface area contributed by atoms with Gasteiger partial charge in [-0.2, -0.15) is 0 Å². The van der Waals surface area contributed by atoms with Crippen LogP contribution in [0.15, 0.2) is 0 Å². The summed E-state index contributed by atoms with van der Waals surface area (Å²) in [4.78, 5) is 13.6. The molecule has 0 aliphatic rings. The monoisotopic (exact) mass is 357 g/mol. The zero-order chi connectivity index (χ0) is 13.3. The summed E-state index contributed by atoms with van der Waals surface area (Å²) in [5, 5.41) is 8.74. The van der Waals surface area contributed by atoms with Crippen LogP contribution < -0.4 is 0 Å². The molecule has 0 rings (SSSR count). The van der Waals surface area contributed by atoms with Crippen LogP contribution in [0.4, 0.5) is 4.79 Å². The van der Waals surface area contributed by atoms with Gasteiger partial charge < -0.3 is 14.7 Å². The summed E-state index contributed by atoms with van der Waals surface area (Å²) in [5.41, 5.74) is -0.448. The summed E-state index contributed by atoms with van der Waals surface area (Å²) < 4.78 is 6.37. The fourth-order valence-electron chi connectivity index (χ4n) is 1.29. The molecule has 0 bridgehead atoms. The maximum Gasteiger partial charge on any atom is 0.410 e. The first-order valence-corrected chi connectivity index (χ1v) is 7.58. The van der Waals surface area contributed by atoms with Crippen molar-refractivity contribution < 1.29 is 14.6 Å². The summed E-state index contributed by atoms with van der Waals surface area (Å²) in [6.45, 7) is 7.17. The van der Waals surface area contributed by atoms with Crippen LogP contribution in [0.5, 0.6) is 0 Å². The average Bonchev–Trinajstić information content (AvgIpc) is 2.20. The van der Waals surface area contributed by atoms with E-state index in [4.69, 9.17) is 9.84 Å². The Labute approximate surface area is 118 Å². The Morgan fingerprint density at radius 2 is 1.82 bits per heavy atom. The molecule has 0 aliphatic heterocycles. The Morgan fingerprint density at radius 3 is 2.29 bits per heavy atom. The van der Waals surface area contributed by atoms with Crippen molar-refractivity contribution in [1.29, 1.82) is 0 Å². The molecule has 0 saturated heterocycles. The predicted molar refractivity (Wildman–Crippen MR) is 77.6 cm³/mol. The minimum atomic E-state index is -0.448. The highest BCUT2D eigenvalue weighted by Crippen LogP contribution is 2.11. The molecule has 1 N–H and O–H groups in total. The standard InChI is InChI=1S/C12H24INO3/c1-12(2,3)17-11(16)14(9-6-7-13)8-4-5-10-15/h15H,4-10H2,1-3H3. The van der Waals surface area contributed by atoms with Gasteiger partial charge in [-0.3, -0.25) is 0 Å². The number of hydrogen-bond acceptors (Lipinski definition) is 3. The molecule has 0 heterocycles. The molecule has 0 aromatic heterocycles. The smallest absolute Gasteiger partial charge is 0.410 e. The van der Waals surface area contributed by atoms with Gasteiger partial charge in [-0.25, -0.2) is 4.79 Å². The molecule has 0 aliphatic carbocycles. The predicted octanol–water partition coefficient (Wildman–Crippen LogP) is 2.82.